The largest absolute Gasteiger partial charge is 0.477 e. The smallest absolute Gasteiger partial charge is 0.391 e. The van der Waals surface area contributed by atoms with Crippen molar-refractivity contribution < 1.29 is 23.1 Å². The lowest BCUT2D eigenvalue weighted by molar-refractivity contribution is -0.182. The van der Waals surface area contributed by atoms with E-state index in [1.807, 2.05) is 0 Å². The number of aromatic carboxylic acids is 1. The van der Waals surface area contributed by atoms with Gasteiger partial charge in [-0.05, 0) is 49.9 Å². The zero-order valence-electron chi connectivity index (χ0n) is 14.0. The van der Waals surface area contributed by atoms with Crippen molar-refractivity contribution in [1.29, 1.82) is 0 Å². The van der Waals surface area contributed by atoms with Crippen LogP contribution in [0.25, 0.3) is 5.69 Å². The van der Waals surface area contributed by atoms with E-state index in [2.05, 4.69) is 4.98 Å². The van der Waals surface area contributed by atoms with Crippen LogP contribution in [0.3, 0.4) is 0 Å². The number of nitrogens with zero attached hydrogens (tertiary/aromatic N) is 2. The second-order valence-corrected chi connectivity index (χ2v) is 6.98. The van der Waals surface area contributed by atoms with E-state index in [4.69, 9.17) is 11.6 Å². The van der Waals surface area contributed by atoms with E-state index in [1.54, 1.807) is 24.3 Å². The van der Waals surface area contributed by atoms with Gasteiger partial charge in [-0.1, -0.05) is 11.6 Å². The van der Waals surface area contributed by atoms with Gasteiger partial charge >= 0.3 is 12.1 Å². The van der Waals surface area contributed by atoms with Crippen molar-refractivity contribution in [3.63, 3.8) is 0 Å². The normalized spacial score (nSPS) is 20.4. The number of carboxylic acids is 1. The number of carbonyl (C=O) groups is 1. The Kier molecular flexibility index (Phi) is 5.28. The first-order valence-corrected chi connectivity index (χ1v) is 8.74. The number of benzene rings is 1. The first kappa shape index (κ1) is 19.4. The fraction of sp³-hybridized carbons (Fsp3) is 0.389. The van der Waals surface area contributed by atoms with Gasteiger partial charge in [0.05, 0.1) is 5.92 Å². The zero-order valence-corrected chi connectivity index (χ0v) is 14.8. The molecule has 5 nitrogen and oxygen atoms in total. The van der Waals surface area contributed by atoms with E-state index in [-0.39, 0.29) is 37.2 Å². The van der Waals surface area contributed by atoms with Gasteiger partial charge in [-0.15, -0.1) is 0 Å². The van der Waals surface area contributed by atoms with Crippen molar-refractivity contribution >= 4 is 17.6 Å². The van der Waals surface area contributed by atoms with Crippen LogP contribution in [0, 0.1) is 5.92 Å². The predicted octanol–water partition coefficient (Wildman–Crippen LogP) is 4.42. The fourth-order valence-electron chi connectivity index (χ4n) is 3.47. The van der Waals surface area contributed by atoms with Crippen LogP contribution < -0.4 is 5.56 Å². The number of carboxylic acid groups (broad SMARTS) is 1. The number of alkyl halides is 3. The minimum absolute atomic E-state index is 0.0814. The van der Waals surface area contributed by atoms with E-state index in [0.717, 1.165) is 6.07 Å². The van der Waals surface area contributed by atoms with E-state index in [1.165, 1.54) is 4.57 Å². The quantitative estimate of drug-likeness (QED) is 0.827. The average Bonchev–Trinajstić information content (AvgIpc) is 2.61. The Morgan fingerprint density at radius 2 is 1.74 bits per heavy atom. The van der Waals surface area contributed by atoms with Gasteiger partial charge in [-0.2, -0.15) is 18.2 Å². The first-order chi connectivity index (χ1) is 12.7. The Bertz CT molecular complexity index is 902. The van der Waals surface area contributed by atoms with Crippen LogP contribution in [0.1, 0.15) is 47.9 Å². The Balaban J connectivity index is 2.06. The highest BCUT2D eigenvalue weighted by Gasteiger charge is 2.42. The molecule has 0 spiro atoms. The average molecular weight is 401 g/mol. The minimum atomic E-state index is -4.25. The van der Waals surface area contributed by atoms with Crippen LogP contribution in [0.15, 0.2) is 35.1 Å². The van der Waals surface area contributed by atoms with Crippen molar-refractivity contribution in [2.45, 2.75) is 37.8 Å². The predicted molar refractivity (Wildman–Crippen MR) is 92.6 cm³/mol. The molecule has 2 aromatic rings. The van der Waals surface area contributed by atoms with Crippen LogP contribution in [0.5, 0.6) is 0 Å². The van der Waals surface area contributed by atoms with Crippen molar-refractivity contribution in [3.05, 3.63) is 57.2 Å². The summed E-state index contributed by atoms with van der Waals surface area (Å²) >= 11 is 5.88. The minimum Gasteiger partial charge on any atom is -0.477 e. The van der Waals surface area contributed by atoms with Gasteiger partial charge in [0.25, 0.3) is 5.56 Å². The lowest BCUT2D eigenvalue weighted by Crippen LogP contribution is -2.30. The highest BCUT2D eigenvalue weighted by Crippen LogP contribution is 2.42. The van der Waals surface area contributed by atoms with Crippen LogP contribution in [0.4, 0.5) is 13.2 Å². The molecule has 1 aromatic heterocycles. The number of hydrogen-bond acceptors (Lipinski definition) is 3. The van der Waals surface area contributed by atoms with E-state index in [9.17, 15) is 27.9 Å². The summed E-state index contributed by atoms with van der Waals surface area (Å²) in [5.41, 5.74) is -0.590. The molecule has 1 heterocycles. The maximum atomic E-state index is 12.9. The molecule has 0 saturated heterocycles. The van der Waals surface area contributed by atoms with Gasteiger partial charge in [0.1, 0.15) is 11.5 Å². The highest BCUT2D eigenvalue weighted by atomic mass is 35.5. The Hall–Kier alpha value is -2.35. The summed E-state index contributed by atoms with van der Waals surface area (Å²) in [7, 11) is 0. The molecule has 0 amide bonds. The van der Waals surface area contributed by atoms with Crippen LogP contribution >= 0.6 is 11.6 Å². The number of aromatic nitrogens is 2. The van der Waals surface area contributed by atoms with Gasteiger partial charge in [-0.25, -0.2) is 4.79 Å². The Morgan fingerprint density at radius 3 is 2.26 bits per heavy atom. The molecule has 0 radical (unpaired) electrons. The molecular weight excluding hydrogens is 385 g/mol. The molecule has 1 aliphatic rings. The number of rotatable bonds is 3. The maximum absolute atomic E-state index is 12.9. The monoisotopic (exact) mass is 400 g/mol. The maximum Gasteiger partial charge on any atom is 0.391 e. The summed E-state index contributed by atoms with van der Waals surface area (Å²) in [5, 5.41) is 9.96. The second-order valence-electron chi connectivity index (χ2n) is 6.54. The van der Waals surface area contributed by atoms with Crippen molar-refractivity contribution in [3.8, 4) is 5.69 Å². The van der Waals surface area contributed by atoms with Gasteiger partial charge in [-0.3, -0.25) is 9.36 Å². The lowest BCUT2D eigenvalue weighted by Gasteiger charge is -2.31. The van der Waals surface area contributed by atoms with Gasteiger partial charge < -0.3 is 5.11 Å². The molecule has 1 saturated carbocycles. The van der Waals surface area contributed by atoms with Crippen LogP contribution in [0.2, 0.25) is 5.02 Å². The highest BCUT2D eigenvalue weighted by molar-refractivity contribution is 6.30. The Morgan fingerprint density at radius 1 is 1.15 bits per heavy atom. The third-order valence-electron chi connectivity index (χ3n) is 4.81. The summed E-state index contributed by atoms with van der Waals surface area (Å²) in [6, 6.07) is 7.18. The standard InChI is InChI=1S/C18H16ClF3N2O3/c19-12-5-7-13(8-6-12)24-14(17(26)27)9-15(25)23-16(24)10-1-3-11(4-2-10)18(20,21)22/h5-11H,1-4H2,(H,26,27)/t10-,11+. The molecule has 3 rings (SSSR count). The molecule has 9 heteroatoms. The summed E-state index contributed by atoms with van der Waals surface area (Å²) in [4.78, 5) is 27.6. The SMILES string of the molecule is O=C(O)c1cc(=O)nc([C@H]2CC[C@@H](C(F)(F)F)CC2)n1-c1ccc(Cl)cc1. The molecule has 27 heavy (non-hydrogen) atoms. The number of halogens is 4. The van der Waals surface area contributed by atoms with E-state index in [0.29, 0.717) is 10.7 Å². The molecule has 1 fully saturated rings. The molecule has 1 aliphatic carbocycles. The Labute approximate surface area is 157 Å². The zero-order chi connectivity index (χ0) is 19.8. The summed E-state index contributed by atoms with van der Waals surface area (Å²) in [5.74, 6) is -2.98. The lowest BCUT2D eigenvalue weighted by atomic mass is 9.81. The van der Waals surface area contributed by atoms with E-state index >= 15 is 0 Å². The number of hydrogen-bond donors (Lipinski definition) is 1. The van der Waals surface area contributed by atoms with Gasteiger partial charge in [0.15, 0.2) is 0 Å². The second kappa shape index (κ2) is 7.34. The molecular formula is C18H16ClF3N2O3. The van der Waals surface area contributed by atoms with Crippen molar-refractivity contribution in [2.75, 3.05) is 0 Å². The van der Waals surface area contributed by atoms with Gasteiger partial charge in [0.2, 0.25) is 0 Å². The molecule has 0 aliphatic heterocycles. The topological polar surface area (TPSA) is 72.2 Å². The molecule has 1 aromatic carbocycles. The molecule has 144 valence electrons. The van der Waals surface area contributed by atoms with Crippen LogP contribution in [-0.4, -0.2) is 26.8 Å². The summed E-state index contributed by atoms with van der Waals surface area (Å²) < 4.78 is 40.1. The summed E-state index contributed by atoms with van der Waals surface area (Å²) in [6.07, 6.45) is -4.07. The first-order valence-electron chi connectivity index (χ1n) is 8.36. The molecule has 0 atom stereocenters. The third-order valence-corrected chi connectivity index (χ3v) is 5.07. The summed E-state index contributed by atoms with van der Waals surface area (Å²) in [6.45, 7) is 0. The van der Waals surface area contributed by atoms with E-state index < -0.39 is 29.5 Å². The molecule has 0 bridgehead atoms. The van der Waals surface area contributed by atoms with Crippen LogP contribution in [-0.2, 0) is 0 Å². The molecule has 1 N–H and O–H groups in total. The van der Waals surface area contributed by atoms with Gasteiger partial charge in [0, 0.05) is 22.7 Å². The third kappa shape index (κ3) is 4.16. The molecule has 0 unspecified atom stereocenters. The van der Waals surface area contributed by atoms with Crippen molar-refractivity contribution in [2.24, 2.45) is 5.92 Å². The fourth-order valence-corrected chi connectivity index (χ4v) is 3.60. The van der Waals surface area contributed by atoms with Crippen molar-refractivity contribution in [1.82, 2.24) is 9.55 Å².